The Bertz CT molecular complexity index is 559. The highest BCUT2D eigenvalue weighted by Crippen LogP contribution is 2.30. The van der Waals surface area contributed by atoms with Crippen LogP contribution < -0.4 is 10.6 Å². The highest BCUT2D eigenvalue weighted by Gasteiger charge is 2.50. The minimum atomic E-state index is -5.22. The molecule has 10 heteroatoms. The maximum Gasteiger partial charge on any atom is 0.511 e. The van der Waals surface area contributed by atoms with Crippen molar-refractivity contribution in [3.05, 3.63) is 0 Å². The van der Waals surface area contributed by atoms with E-state index >= 15 is 0 Å². The number of hydrogen-bond donors (Lipinski definition) is 2. The number of nitrogens with zero attached hydrogens (tertiary/aromatic N) is 2. The van der Waals surface area contributed by atoms with Crippen molar-refractivity contribution in [2.75, 3.05) is 33.2 Å². The van der Waals surface area contributed by atoms with Crippen LogP contribution in [-0.4, -0.2) is 57.4 Å². The van der Waals surface area contributed by atoms with Crippen molar-refractivity contribution in [1.82, 2.24) is 14.9 Å². The van der Waals surface area contributed by atoms with Gasteiger partial charge in [0.1, 0.15) is 0 Å². The molecule has 0 aliphatic carbocycles. The van der Waals surface area contributed by atoms with E-state index in [2.05, 4.69) is 29.5 Å². The molecule has 1 atom stereocenters. The van der Waals surface area contributed by atoms with Crippen molar-refractivity contribution >= 4 is 16.0 Å². The van der Waals surface area contributed by atoms with E-state index in [-0.39, 0.29) is 19.0 Å². The number of sulfonamides is 1. The number of aliphatic imine (C=N–C) groups is 1. The molecule has 1 rings (SSSR count). The lowest BCUT2D eigenvalue weighted by molar-refractivity contribution is -0.0496. The Hall–Kier alpha value is -1.03. The summed E-state index contributed by atoms with van der Waals surface area (Å²) >= 11 is 0. The Labute approximate surface area is 161 Å². The smallest absolute Gasteiger partial charge is 0.356 e. The van der Waals surface area contributed by atoms with Gasteiger partial charge in [0, 0.05) is 33.2 Å². The predicted octanol–water partition coefficient (Wildman–Crippen LogP) is 2.93. The molecule has 1 aliphatic heterocycles. The second-order valence-corrected chi connectivity index (χ2v) is 8.97. The number of hydrogen-bond acceptors (Lipinski definition) is 3. The fraction of sp³-hybridized carbons (Fsp3) is 0.941. The van der Waals surface area contributed by atoms with Gasteiger partial charge < -0.3 is 10.6 Å². The van der Waals surface area contributed by atoms with Gasteiger partial charge in [0.2, 0.25) is 0 Å². The Balaban J connectivity index is 2.39. The number of halogens is 3. The lowest BCUT2D eigenvalue weighted by Crippen LogP contribution is -2.47. The monoisotopic (exact) mass is 414 g/mol. The Morgan fingerprint density at radius 3 is 2.33 bits per heavy atom. The number of rotatable bonds is 9. The Morgan fingerprint density at radius 1 is 1.22 bits per heavy atom. The van der Waals surface area contributed by atoms with Gasteiger partial charge in [-0.15, -0.1) is 0 Å². The molecule has 6 nitrogen and oxygen atoms in total. The van der Waals surface area contributed by atoms with Gasteiger partial charge in [0.05, 0.1) is 0 Å². The minimum Gasteiger partial charge on any atom is -0.356 e. The molecular weight excluding hydrogens is 381 g/mol. The number of piperidine rings is 1. The van der Waals surface area contributed by atoms with Crippen LogP contribution in [0.25, 0.3) is 0 Å². The van der Waals surface area contributed by atoms with Crippen LogP contribution >= 0.6 is 0 Å². The fourth-order valence-electron chi connectivity index (χ4n) is 3.15. The summed E-state index contributed by atoms with van der Waals surface area (Å²) in [4.78, 5) is 4.18. The van der Waals surface area contributed by atoms with Gasteiger partial charge in [-0.1, -0.05) is 33.1 Å². The topological polar surface area (TPSA) is 73.8 Å². The summed E-state index contributed by atoms with van der Waals surface area (Å²) < 4.78 is 61.2. The molecule has 1 heterocycles. The average Bonchev–Trinajstić information content (AvgIpc) is 2.63. The summed E-state index contributed by atoms with van der Waals surface area (Å²) in [7, 11) is -3.53. The number of alkyl halides is 3. The quantitative estimate of drug-likeness (QED) is 0.449. The molecule has 1 unspecified atom stereocenters. The van der Waals surface area contributed by atoms with Gasteiger partial charge in [0.15, 0.2) is 5.96 Å². The highest BCUT2D eigenvalue weighted by molar-refractivity contribution is 7.90. The third-order valence-electron chi connectivity index (χ3n) is 5.09. The summed E-state index contributed by atoms with van der Waals surface area (Å²) in [6, 6.07) is 0. The Kier molecular flexibility index (Phi) is 9.86. The minimum absolute atomic E-state index is 0.102. The zero-order valence-corrected chi connectivity index (χ0v) is 17.3. The first-order chi connectivity index (χ1) is 12.7. The van der Waals surface area contributed by atoms with E-state index in [1.165, 1.54) is 19.3 Å². The molecule has 0 saturated carbocycles. The number of unbranched alkanes of at least 4 members (excludes halogenated alkanes) is 1. The highest BCUT2D eigenvalue weighted by atomic mass is 32.2. The third kappa shape index (κ3) is 7.48. The lowest BCUT2D eigenvalue weighted by Gasteiger charge is -2.31. The molecule has 1 saturated heterocycles. The van der Waals surface area contributed by atoms with E-state index in [4.69, 9.17) is 0 Å². The maximum absolute atomic E-state index is 12.6. The first kappa shape index (κ1) is 24.0. The lowest BCUT2D eigenvalue weighted by atomic mass is 9.98. The molecule has 0 spiro atoms. The van der Waals surface area contributed by atoms with Crippen molar-refractivity contribution < 1.29 is 21.6 Å². The molecule has 160 valence electrons. The number of nitrogens with one attached hydrogen (secondary N) is 2. The van der Waals surface area contributed by atoms with Crippen LogP contribution in [0.1, 0.15) is 52.4 Å². The summed E-state index contributed by atoms with van der Waals surface area (Å²) in [5.74, 6) is 1.37. The maximum atomic E-state index is 12.6. The summed E-state index contributed by atoms with van der Waals surface area (Å²) in [5, 5.41) is 6.51. The summed E-state index contributed by atoms with van der Waals surface area (Å²) in [6.45, 7) is 5.53. The van der Waals surface area contributed by atoms with E-state index in [0.717, 1.165) is 13.0 Å². The molecular formula is C17H33F3N4O2S. The van der Waals surface area contributed by atoms with E-state index in [1.54, 1.807) is 7.05 Å². The van der Waals surface area contributed by atoms with Gasteiger partial charge in [-0.2, -0.15) is 17.5 Å². The second-order valence-electron chi connectivity index (χ2n) is 7.04. The zero-order chi connectivity index (χ0) is 20.5. The molecule has 0 amide bonds. The molecule has 1 fully saturated rings. The molecule has 0 aromatic carbocycles. The molecule has 2 N–H and O–H groups in total. The average molecular weight is 415 g/mol. The standard InChI is InChI=1S/C17H33F3N4O2S/c1-4-6-7-14(5-2)12-22-16(21-3)23-13-15-8-10-24(11-9-15)27(25,26)17(18,19)20/h14-15H,4-13H2,1-3H3,(H2,21,22,23). The van der Waals surface area contributed by atoms with Crippen molar-refractivity contribution in [1.29, 1.82) is 0 Å². The molecule has 27 heavy (non-hydrogen) atoms. The number of guanidine groups is 1. The molecule has 0 bridgehead atoms. The van der Waals surface area contributed by atoms with Crippen LogP contribution in [0.15, 0.2) is 4.99 Å². The van der Waals surface area contributed by atoms with Crippen LogP contribution in [0.4, 0.5) is 13.2 Å². The van der Waals surface area contributed by atoms with E-state index in [0.29, 0.717) is 35.6 Å². The predicted molar refractivity (Wildman–Crippen MR) is 102 cm³/mol. The normalized spacial score (nSPS) is 19.1. The van der Waals surface area contributed by atoms with Crippen molar-refractivity contribution in [3.8, 4) is 0 Å². The van der Waals surface area contributed by atoms with E-state index in [9.17, 15) is 21.6 Å². The van der Waals surface area contributed by atoms with Gasteiger partial charge >= 0.3 is 15.5 Å². The van der Waals surface area contributed by atoms with Crippen LogP contribution in [0.5, 0.6) is 0 Å². The van der Waals surface area contributed by atoms with Gasteiger partial charge in [-0.05, 0) is 31.1 Å². The first-order valence-corrected chi connectivity index (χ1v) is 11.1. The van der Waals surface area contributed by atoms with Crippen LogP contribution in [0.3, 0.4) is 0 Å². The molecule has 1 aliphatic rings. The van der Waals surface area contributed by atoms with Gasteiger partial charge in [-0.3, -0.25) is 4.99 Å². The second kappa shape index (κ2) is 11.1. The third-order valence-corrected chi connectivity index (χ3v) is 6.72. The van der Waals surface area contributed by atoms with Crippen molar-refractivity contribution in [2.24, 2.45) is 16.8 Å². The van der Waals surface area contributed by atoms with Crippen LogP contribution in [-0.2, 0) is 10.0 Å². The van der Waals surface area contributed by atoms with Crippen LogP contribution in [0, 0.1) is 11.8 Å². The van der Waals surface area contributed by atoms with Crippen molar-refractivity contribution in [3.63, 3.8) is 0 Å². The summed E-state index contributed by atoms with van der Waals surface area (Å²) in [5.41, 5.74) is -5.22. The SMILES string of the molecule is CCCCC(CC)CNC(=NC)NCC1CCN(S(=O)(=O)C(F)(F)F)CC1. The van der Waals surface area contributed by atoms with Crippen molar-refractivity contribution in [2.45, 2.75) is 57.9 Å². The molecule has 0 radical (unpaired) electrons. The largest absolute Gasteiger partial charge is 0.511 e. The van der Waals surface area contributed by atoms with Crippen LogP contribution in [0.2, 0.25) is 0 Å². The van der Waals surface area contributed by atoms with Gasteiger partial charge in [-0.25, -0.2) is 8.42 Å². The van der Waals surface area contributed by atoms with Gasteiger partial charge in [0.25, 0.3) is 0 Å². The van der Waals surface area contributed by atoms with E-state index in [1.807, 2.05) is 0 Å². The molecule has 0 aromatic rings. The summed E-state index contributed by atoms with van der Waals surface area (Å²) in [6.07, 6.45) is 5.43. The fourth-order valence-corrected chi connectivity index (χ4v) is 4.13. The molecule has 0 aromatic heterocycles. The first-order valence-electron chi connectivity index (χ1n) is 9.66. The Morgan fingerprint density at radius 2 is 1.85 bits per heavy atom. The zero-order valence-electron chi connectivity index (χ0n) is 16.5. The van der Waals surface area contributed by atoms with E-state index < -0.39 is 15.5 Å².